The number of nitrogens with zero attached hydrogens (tertiary/aromatic N) is 3. The maximum Gasteiger partial charge on any atom is 0.326 e. The van der Waals surface area contributed by atoms with E-state index in [-0.39, 0.29) is 6.03 Å². The molecule has 2 heterocycles. The Labute approximate surface area is 208 Å². The summed E-state index contributed by atoms with van der Waals surface area (Å²) < 4.78 is 11.2. The summed E-state index contributed by atoms with van der Waals surface area (Å²) in [6, 6.07) is 21.8. The molecule has 3 aromatic carbocycles. The van der Waals surface area contributed by atoms with Crippen LogP contribution in [0, 0.1) is 6.92 Å². The number of methoxy groups -OCH3 is 1. The highest BCUT2D eigenvalue weighted by Crippen LogP contribution is 2.40. The predicted molar refractivity (Wildman–Crippen MR) is 135 cm³/mol. The fourth-order valence-corrected chi connectivity index (χ4v) is 4.34. The van der Waals surface area contributed by atoms with Gasteiger partial charge < -0.3 is 14.6 Å². The van der Waals surface area contributed by atoms with Gasteiger partial charge in [0.1, 0.15) is 5.75 Å². The first-order chi connectivity index (χ1) is 17.0. The lowest BCUT2D eigenvalue weighted by Gasteiger charge is -2.35. The van der Waals surface area contributed by atoms with Crippen molar-refractivity contribution in [1.82, 2.24) is 15.5 Å². The van der Waals surface area contributed by atoms with Crippen LogP contribution in [0.3, 0.4) is 0 Å². The average Bonchev–Trinajstić information content (AvgIpc) is 3.36. The van der Waals surface area contributed by atoms with Gasteiger partial charge in [-0.05, 0) is 49.2 Å². The number of allylic oxidation sites excluding steroid dienone is 1. The quantitative estimate of drug-likeness (QED) is 0.352. The fourth-order valence-electron chi connectivity index (χ4n) is 4.16. The SMILES string of the molecule is COc1cccc(C2NC(=O)N(c3ccc(C)c(Cl)c3)C(C)=C2c2nc(-c3ccccc3)no2)c1. The van der Waals surface area contributed by atoms with Gasteiger partial charge in [0, 0.05) is 16.3 Å². The smallest absolute Gasteiger partial charge is 0.326 e. The zero-order chi connectivity index (χ0) is 24.5. The number of aryl methyl sites for hydroxylation is 1. The van der Waals surface area contributed by atoms with Crippen molar-refractivity contribution in [2.45, 2.75) is 19.9 Å². The van der Waals surface area contributed by atoms with E-state index < -0.39 is 6.04 Å². The Bertz CT molecular complexity index is 1430. The molecule has 0 saturated heterocycles. The molecule has 0 saturated carbocycles. The highest BCUT2D eigenvalue weighted by Gasteiger charge is 2.36. The lowest BCUT2D eigenvalue weighted by Crippen LogP contribution is -2.46. The summed E-state index contributed by atoms with van der Waals surface area (Å²) >= 11 is 6.38. The van der Waals surface area contributed by atoms with E-state index >= 15 is 0 Å². The second-order valence-electron chi connectivity index (χ2n) is 8.22. The molecule has 8 heteroatoms. The maximum atomic E-state index is 13.4. The third-order valence-corrected chi connectivity index (χ3v) is 6.42. The molecule has 0 aliphatic carbocycles. The molecule has 0 fully saturated rings. The molecule has 5 rings (SSSR count). The van der Waals surface area contributed by atoms with Crippen LogP contribution in [0.4, 0.5) is 10.5 Å². The number of rotatable bonds is 5. The molecule has 0 radical (unpaired) electrons. The number of hydrogen-bond donors (Lipinski definition) is 1. The van der Waals surface area contributed by atoms with Crippen LogP contribution in [-0.4, -0.2) is 23.3 Å². The summed E-state index contributed by atoms with van der Waals surface area (Å²) in [4.78, 5) is 19.6. The first-order valence-electron chi connectivity index (χ1n) is 11.1. The molecule has 7 nitrogen and oxygen atoms in total. The van der Waals surface area contributed by atoms with Gasteiger partial charge in [-0.2, -0.15) is 4.98 Å². The molecule has 1 atom stereocenters. The van der Waals surface area contributed by atoms with Crippen molar-refractivity contribution in [2.75, 3.05) is 12.0 Å². The summed E-state index contributed by atoms with van der Waals surface area (Å²) in [5.74, 6) is 1.46. The van der Waals surface area contributed by atoms with Gasteiger partial charge in [0.25, 0.3) is 5.89 Å². The number of benzene rings is 3. The van der Waals surface area contributed by atoms with Gasteiger partial charge in [0.05, 0.1) is 24.4 Å². The van der Waals surface area contributed by atoms with E-state index in [0.29, 0.717) is 39.4 Å². The van der Waals surface area contributed by atoms with E-state index in [1.54, 1.807) is 18.1 Å². The molecule has 1 aliphatic heterocycles. The zero-order valence-electron chi connectivity index (χ0n) is 19.4. The maximum absolute atomic E-state index is 13.4. The summed E-state index contributed by atoms with van der Waals surface area (Å²) in [6.45, 7) is 3.78. The number of carbonyl (C=O) groups excluding carboxylic acids is 1. The van der Waals surface area contributed by atoms with Crippen molar-refractivity contribution < 1.29 is 14.1 Å². The molecule has 1 unspecified atom stereocenters. The van der Waals surface area contributed by atoms with Gasteiger partial charge >= 0.3 is 6.03 Å². The first-order valence-corrected chi connectivity index (χ1v) is 11.4. The van der Waals surface area contributed by atoms with E-state index in [9.17, 15) is 4.79 Å². The average molecular weight is 487 g/mol. The van der Waals surface area contributed by atoms with Crippen molar-refractivity contribution >= 4 is 28.9 Å². The van der Waals surface area contributed by atoms with Gasteiger partial charge in [-0.15, -0.1) is 0 Å². The standard InChI is InChI=1S/C27H23ClN4O3/c1-16-12-13-20(15-22(16)28)32-17(2)23(26-30-25(31-35-26)18-8-5-4-6-9-18)24(29-27(32)33)19-10-7-11-21(14-19)34-3/h4-15,24H,1-3H3,(H,29,33). The normalized spacial score (nSPS) is 15.8. The molecule has 0 bridgehead atoms. The topological polar surface area (TPSA) is 80.5 Å². The zero-order valence-corrected chi connectivity index (χ0v) is 20.2. The largest absolute Gasteiger partial charge is 0.497 e. The van der Waals surface area contributed by atoms with E-state index in [2.05, 4.69) is 15.5 Å². The van der Waals surface area contributed by atoms with Crippen LogP contribution in [0.2, 0.25) is 5.02 Å². The minimum Gasteiger partial charge on any atom is -0.497 e. The Balaban J connectivity index is 1.67. The number of ether oxygens (including phenoxy) is 1. The Kier molecular flexibility index (Phi) is 6.01. The highest BCUT2D eigenvalue weighted by molar-refractivity contribution is 6.31. The summed E-state index contributed by atoms with van der Waals surface area (Å²) in [6.07, 6.45) is 0. The van der Waals surface area contributed by atoms with Crippen molar-refractivity contribution in [3.05, 3.63) is 101 Å². The number of aromatic nitrogens is 2. The molecule has 0 spiro atoms. The van der Waals surface area contributed by atoms with Crippen LogP contribution in [-0.2, 0) is 0 Å². The molecule has 176 valence electrons. The minimum atomic E-state index is -0.529. The third-order valence-electron chi connectivity index (χ3n) is 6.01. The molecular weight excluding hydrogens is 464 g/mol. The van der Waals surface area contributed by atoms with Crippen molar-refractivity contribution in [2.24, 2.45) is 0 Å². The van der Waals surface area contributed by atoms with Crippen LogP contribution in [0.15, 0.2) is 83.0 Å². The van der Waals surface area contributed by atoms with Gasteiger partial charge in [-0.1, -0.05) is 65.3 Å². The Morgan fingerprint density at radius 3 is 2.57 bits per heavy atom. The summed E-state index contributed by atoms with van der Waals surface area (Å²) in [5, 5.41) is 7.87. The van der Waals surface area contributed by atoms with Crippen LogP contribution in [0.5, 0.6) is 5.75 Å². The monoisotopic (exact) mass is 486 g/mol. The summed E-state index contributed by atoms with van der Waals surface area (Å²) in [5.41, 5.74) is 4.57. The van der Waals surface area contributed by atoms with Crippen molar-refractivity contribution in [3.63, 3.8) is 0 Å². The number of urea groups is 1. The number of anilines is 1. The second kappa shape index (κ2) is 9.27. The number of carbonyl (C=O) groups is 1. The Morgan fingerprint density at radius 1 is 1.03 bits per heavy atom. The van der Waals surface area contributed by atoms with E-state index in [4.69, 9.17) is 20.9 Å². The molecule has 1 N–H and O–H groups in total. The van der Waals surface area contributed by atoms with Crippen LogP contribution in [0.1, 0.15) is 30.0 Å². The number of hydrogen-bond acceptors (Lipinski definition) is 5. The van der Waals surface area contributed by atoms with E-state index in [1.165, 1.54) is 0 Å². The molecule has 4 aromatic rings. The van der Waals surface area contributed by atoms with Crippen molar-refractivity contribution in [3.8, 4) is 17.1 Å². The lowest BCUT2D eigenvalue weighted by molar-refractivity contribution is 0.244. The Hall–Kier alpha value is -4.10. The molecular formula is C27H23ClN4O3. The molecule has 1 aromatic heterocycles. The van der Waals surface area contributed by atoms with Gasteiger partial charge in [-0.25, -0.2) is 4.79 Å². The van der Waals surface area contributed by atoms with Crippen LogP contribution in [0.25, 0.3) is 17.0 Å². The summed E-state index contributed by atoms with van der Waals surface area (Å²) in [7, 11) is 1.60. The molecule has 2 amide bonds. The fraction of sp³-hybridized carbons (Fsp3) is 0.148. The Morgan fingerprint density at radius 2 is 1.83 bits per heavy atom. The number of nitrogens with one attached hydrogen (secondary N) is 1. The first kappa shape index (κ1) is 22.7. The number of amides is 2. The second-order valence-corrected chi connectivity index (χ2v) is 8.62. The van der Waals surface area contributed by atoms with Gasteiger partial charge in [0.2, 0.25) is 5.82 Å². The van der Waals surface area contributed by atoms with Crippen LogP contribution < -0.4 is 15.0 Å². The van der Waals surface area contributed by atoms with Gasteiger partial charge in [0.15, 0.2) is 0 Å². The van der Waals surface area contributed by atoms with E-state index in [1.807, 2.05) is 80.6 Å². The highest BCUT2D eigenvalue weighted by atomic mass is 35.5. The molecule has 35 heavy (non-hydrogen) atoms. The predicted octanol–water partition coefficient (Wildman–Crippen LogP) is 6.41. The third kappa shape index (κ3) is 4.26. The number of halogens is 1. The van der Waals surface area contributed by atoms with Crippen molar-refractivity contribution in [1.29, 1.82) is 0 Å². The van der Waals surface area contributed by atoms with Gasteiger partial charge in [-0.3, -0.25) is 4.90 Å². The minimum absolute atomic E-state index is 0.290. The van der Waals surface area contributed by atoms with Crippen LogP contribution >= 0.6 is 11.6 Å². The van der Waals surface area contributed by atoms with E-state index in [0.717, 1.165) is 16.7 Å². The molecule has 1 aliphatic rings. The lowest BCUT2D eigenvalue weighted by atomic mass is 9.94.